The van der Waals surface area contributed by atoms with Crippen LogP contribution in [0.1, 0.15) is 33.1 Å². The Hall–Kier alpha value is -4.45. The predicted molar refractivity (Wildman–Crippen MR) is 148 cm³/mol. The van der Waals surface area contributed by atoms with E-state index in [0.29, 0.717) is 41.5 Å². The lowest BCUT2D eigenvalue weighted by molar-refractivity contribution is 0.0694. The Morgan fingerprint density at radius 1 is 0.684 bits per heavy atom. The van der Waals surface area contributed by atoms with Crippen molar-refractivity contribution < 1.29 is 23.7 Å². The van der Waals surface area contributed by atoms with Gasteiger partial charge in [0.15, 0.2) is 23.0 Å². The van der Waals surface area contributed by atoms with Crippen molar-refractivity contribution in [2.75, 3.05) is 35.0 Å². The summed E-state index contributed by atoms with van der Waals surface area (Å²) in [5.74, 6) is 2.50. The highest BCUT2D eigenvalue weighted by Crippen LogP contribution is 2.43. The summed E-state index contributed by atoms with van der Waals surface area (Å²) in [4.78, 5) is 15.9. The highest BCUT2D eigenvalue weighted by Gasteiger charge is 2.34. The van der Waals surface area contributed by atoms with Crippen LogP contribution in [-0.2, 0) is 6.42 Å². The summed E-state index contributed by atoms with van der Waals surface area (Å²) < 4.78 is 22.3. The zero-order chi connectivity index (χ0) is 26.6. The molecule has 0 spiro atoms. The van der Waals surface area contributed by atoms with Crippen LogP contribution in [0.3, 0.4) is 0 Å². The van der Waals surface area contributed by atoms with Crippen molar-refractivity contribution in [1.82, 2.24) is 4.90 Å². The van der Waals surface area contributed by atoms with E-state index < -0.39 is 0 Å². The van der Waals surface area contributed by atoms with Crippen molar-refractivity contribution in [3.8, 4) is 34.1 Å². The molecule has 0 radical (unpaired) electrons. The molecule has 0 saturated carbocycles. The molecule has 4 aromatic carbocycles. The number of benzene rings is 4. The molecule has 194 valence electrons. The van der Waals surface area contributed by atoms with Crippen LogP contribution in [0.5, 0.6) is 23.0 Å². The Bertz CT molecular complexity index is 1430. The average Bonchev–Trinajstić information content (AvgIpc) is 2.99. The highest BCUT2D eigenvalue weighted by molar-refractivity contribution is 5.95. The van der Waals surface area contributed by atoms with Gasteiger partial charge in [-0.25, -0.2) is 0 Å². The predicted octanol–water partition coefficient (Wildman–Crippen LogP) is 6.18. The Morgan fingerprint density at radius 2 is 1.29 bits per heavy atom. The molecule has 0 N–H and O–H groups in total. The molecule has 0 saturated heterocycles. The fourth-order valence-electron chi connectivity index (χ4n) is 5.15. The highest BCUT2D eigenvalue weighted by atomic mass is 16.5. The summed E-state index contributed by atoms with van der Waals surface area (Å²) >= 11 is 0. The first kappa shape index (κ1) is 25.2. The molecule has 1 aliphatic heterocycles. The first-order valence-corrected chi connectivity index (χ1v) is 12.5. The summed E-state index contributed by atoms with van der Waals surface area (Å²) in [6.45, 7) is 0.556. The molecule has 1 heterocycles. The molecule has 0 fully saturated rings. The van der Waals surface area contributed by atoms with Crippen molar-refractivity contribution in [3.63, 3.8) is 0 Å². The second kappa shape index (κ2) is 10.9. The van der Waals surface area contributed by atoms with Gasteiger partial charge >= 0.3 is 0 Å². The van der Waals surface area contributed by atoms with E-state index >= 15 is 0 Å². The number of ether oxygens (including phenoxy) is 4. The van der Waals surface area contributed by atoms with Gasteiger partial charge in [-0.05, 0) is 70.6 Å². The van der Waals surface area contributed by atoms with Crippen LogP contribution in [0, 0.1) is 0 Å². The number of amides is 1. The molecule has 0 unspecified atom stereocenters. The van der Waals surface area contributed by atoms with Crippen LogP contribution >= 0.6 is 0 Å². The smallest absolute Gasteiger partial charge is 0.254 e. The Kier molecular flexibility index (Phi) is 7.22. The Labute approximate surface area is 223 Å². The van der Waals surface area contributed by atoms with Gasteiger partial charge in [0.05, 0.1) is 34.5 Å². The maximum atomic E-state index is 14.0. The van der Waals surface area contributed by atoms with Crippen LogP contribution in [0.2, 0.25) is 0 Å². The normalized spacial score (nSPS) is 14.4. The second-order valence-corrected chi connectivity index (χ2v) is 9.11. The van der Waals surface area contributed by atoms with Gasteiger partial charge in [-0.3, -0.25) is 4.79 Å². The Morgan fingerprint density at radius 3 is 1.95 bits per heavy atom. The monoisotopic (exact) mass is 509 g/mol. The first-order chi connectivity index (χ1) is 18.6. The lowest BCUT2D eigenvalue weighted by Gasteiger charge is -2.38. The van der Waals surface area contributed by atoms with Crippen molar-refractivity contribution in [1.29, 1.82) is 0 Å². The maximum Gasteiger partial charge on any atom is 0.254 e. The van der Waals surface area contributed by atoms with Crippen LogP contribution in [0.15, 0.2) is 84.9 Å². The minimum Gasteiger partial charge on any atom is -0.493 e. The van der Waals surface area contributed by atoms with E-state index in [9.17, 15) is 4.79 Å². The fourth-order valence-corrected chi connectivity index (χ4v) is 5.15. The molecule has 6 heteroatoms. The molecular weight excluding hydrogens is 478 g/mol. The van der Waals surface area contributed by atoms with E-state index in [1.807, 2.05) is 77.7 Å². The van der Waals surface area contributed by atoms with Crippen molar-refractivity contribution in [3.05, 3.63) is 107 Å². The van der Waals surface area contributed by atoms with Gasteiger partial charge in [-0.1, -0.05) is 48.5 Å². The molecule has 38 heavy (non-hydrogen) atoms. The lowest BCUT2D eigenvalue weighted by Crippen LogP contribution is -2.40. The Balaban J connectivity index is 1.58. The number of hydrogen-bond donors (Lipinski definition) is 0. The number of hydrogen-bond acceptors (Lipinski definition) is 5. The maximum absolute atomic E-state index is 14.0. The summed E-state index contributed by atoms with van der Waals surface area (Å²) in [5.41, 5.74) is 5.85. The largest absolute Gasteiger partial charge is 0.493 e. The standard InChI is InChI=1S/C32H31NO5/c1-35-27-15-14-25(19-28(27)36-2)31-26-20-30(38-4)29(37-3)18-24(26)16-17-33(31)32(34)23-12-10-22(11-13-23)21-8-6-5-7-9-21/h5-15,18-20,31H,16-17H2,1-4H3/t31-/m1/s1. The van der Waals surface area contributed by atoms with Gasteiger partial charge in [0.25, 0.3) is 5.91 Å². The molecule has 1 amide bonds. The summed E-state index contributed by atoms with van der Waals surface area (Å²) in [7, 11) is 6.48. The van der Waals surface area contributed by atoms with Crippen molar-refractivity contribution >= 4 is 5.91 Å². The van der Waals surface area contributed by atoms with Gasteiger partial charge < -0.3 is 23.8 Å². The topological polar surface area (TPSA) is 57.2 Å². The summed E-state index contributed by atoms with van der Waals surface area (Å²) in [6.07, 6.45) is 0.702. The van der Waals surface area contributed by atoms with Crippen LogP contribution in [0.4, 0.5) is 0 Å². The third-order valence-electron chi connectivity index (χ3n) is 7.10. The molecule has 1 atom stereocenters. The van der Waals surface area contributed by atoms with E-state index in [2.05, 4.69) is 12.1 Å². The van der Waals surface area contributed by atoms with E-state index in [1.54, 1.807) is 28.4 Å². The van der Waals surface area contributed by atoms with Crippen LogP contribution < -0.4 is 18.9 Å². The van der Waals surface area contributed by atoms with Crippen LogP contribution in [-0.4, -0.2) is 45.8 Å². The molecule has 0 bridgehead atoms. The number of rotatable bonds is 7. The first-order valence-electron chi connectivity index (χ1n) is 12.5. The lowest BCUT2D eigenvalue weighted by atomic mass is 9.87. The molecule has 5 rings (SSSR count). The molecule has 0 aliphatic carbocycles. The number of nitrogens with zero attached hydrogens (tertiary/aromatic N) is 1. The fraction of sp³-hybridized carbons (Fsp3) is 0.219. The van der Waals surface area contributed by atoms with Gasteiger partial charge in [0.1, 0.15) is 0 Å². The van der Waals surface area contributed by atoms with E-state index in [1.165, 1.54) is 0 Å². The van der Waals surface area contributed by atoms with Gasteiger partial charge in [0.2, 0.25) is 0 Å². The number of methoxy groups -OCH3 is 4. The summed E-state index contributed by atoms with van der Waals surface area (Å²) in [5, 5.41) is 0. The molecular formula is C32H31NO5. The zero-order valence-corrected chi connectivity index (χ0v) is 22.1. The van der Waals surface area contributed by atoms with E-state index in [4.69, 9.17) is 18.9 Å². The second-order valence-electron chi connectivity index (χ2n) is 9.11. The van der Waals surface area contributed by atoms with E-state index in [-0.39, 0.29) is 11.9 Å². The van der Waals surface area contributed by atoms with Crippen molar-refractivity contribution in [2.24, 2.45) is 0 Å². The SMILES string of the molecule is COc1ccc([C@@H]2c3cc(OC)c(OC)cc3CCN2C(=O)c2ccc(-c3ccccc3)cc2)cc1OC. The van der Waals surface area contributed by atoms with Gasteiger partial charge in [0, 0.05) is 12.1 Å². The van der Waals surface area contributed by atoms with Gasteiger partial charge in [-0.2, -0.15) is 0 Å². The number of fused-ring (bicyclic) bond motifs is 1. The third kappa shape index (κ3) is 4.65. The average molecular weight is 510 g/mol. The van der Waals surface area contributed by atoms with E-state index in [0.717, 1.165) is 27.8 Å². The quantitative estimate of drug-likeness (QED) is 0.298. The minimum absolute atomic E-state index is 0.0372. The number of carbonyl (C=O) groups is 1. The molecule has 1 aliphatic rings. The third-order valence-corrected chi connectivity index (χ3v) is 7.10. The van der Waals surface area contributed by atoms with Crippen molar-refractivity contribution in [2.45, 2.75) is 12.5 Å². The number of carbonyl (C=O) groups excluding carboxylic acids is 1. The van der Waals surface area contributed by atoms with Gasteiger partial charge in [-0.15, -0.1) is 0 Å². The molecule has 4 aromatic rings. The summed E-state index contributed by atoms with van der Waals surface area (Å²) in [6, 6.07) is 27.4. The molecule has 6 nitrogen and oxygen atoms in total. The van der Waals surface area contributed by atoms with Crippen LogP contribution in [0.25, 0.3) is 11.1 Å². The zero-order valence-electron chi connectivity index (χ0n) is 22.1. The minimum atomic E-state index is -0.348. The molecule has 0 aromatic heterocycles.